The molecule has 1 aliphatic heterocycles. The van der Waals surface area contributed by atoms with Crippen LogP contribution in [0.2, 0.25) is 5.02 Å². The first-order valence-electron chi connectivity index (χ1n) is 12.0. The first-order valence-corrected chi connectivity index (χ1v) is 12.4. The van der Waals surface area contributed by atoms with Crippen LogP contribution in [0.15, 0.2) is 79.1 Å². The lowest BCUT2D eigenvalue weighted by Gasteiger charge is -2.29. The van der Waals surface area contributed by atoms with Gasteiger partial charge in [0.1, 0.15) is 17.5 Å². The van der Waals surface area contributed by atoms with Crippen molar-refractivity contribution in [2.24, 2.45) is 0 Å². The molecule has 0 saturated heterocycles. The summed E-state index contributed by atoms with van der Waals surface area (Å²) in [6, 6.07) is 15.6. The van der Waals surface area contributed by atoms with E-state index in [1.165, 1.54) is 23.1 Å². The van der Waals surface area contributed by atoms with Crippen LogP contribution in [-0.4, -0.2) is 38.5 Å². The average Bonchev–Trinajstić information content (AvgIpc) is 3.00. The van der Waals surface area contributed by atoms with Crippen LogP contribution in [-0.2, 0) is 24.2 Å². The maximum absolute atomic E-state index is 15.1. The maximum Gasteiger partial charge on any atom is 0.259 e. The third-order valence-electron chi connectivity index (χ3n) is 6.40. The standard InChI is InChI=1S/C29H21ClF2N4O3/c30-19-5-8-22-18(12-19)13-26(37)25(14-21-3-1-2-10-33-21)36(29(22)39)16-17-4-7-23(24(32)11-17)28(38)35-27-9-6-20(31)15-34-27/h1-12,15,25H,13-14,16H2,(H,34,35,38)/t25-/m1/s1. The molecule has 196 valence electrons. The Morgan fingerprint density at radius 1 is 1.03 bits per heavy atom. The number of anilines is 1. The Balaban J connectivity index is 1.44. The molecule has 0 spiro atoms. The number of pyridine rings is 2. The van der Waals surface area contributed by atoms with Gasteiger partial charge in [0, 0.05) is 41.9 Å². The third-order valence-corrected chi connectivity index (χ3v) is 6.63. The SMILES string of the molecule is O=C(Nc1ccc(F)cn1)c1ccc(CN2C(=O)c3ccc(Cl)cc3CC(=O)[C@H]2Cc2ccccn2)cc1F. The second-order valence-corrected chi connectivity index (χ2v) is 9.49. The first kappa shape index (κ1) is 26.1. The van der Waals surface area contributed by atoms with Gasteiger partial charge in [-0.2, -0.15) is 0 Å². The summed E-state index contributed by atoms with van der Waals surface area (Å²) in [4.78, 5) is 49.2. The number of hydrogen-bond acceptors (Lipinski definition) is 5. The van der Waals surface area contributed by atoms with Crippen molar-refractivity contribution < 1.29 is 23.2 Å². The normalized spacial score (nSPS) is 15.1. The Hall–Kier alpha value is -4.50. The molecule has 1 aliphatic rings. The number of nitrogens with zero attached hydrogens (tertiary/aromatic N) is 3. The van der Waals surface area contributed by atoms with E-state index in [0.29, 0.717) is 27.4 Å². The van der Waals surface area contributed by atoms with E-state index in [2.05, 4.69) is 15.3 Å². The number of carbonyl (C=O) groups is 3. The van der Waals surface area contributed by atoms with E-state index in [1.54, 1.807) is 42.6 Å². The van der Waals surface area contributed by atoms with Gasteiger partial charge in [0.25, 0.3) is 11.8 Å². The topological polar surface area (TPSA) is 92.3 Å². The minimum Gasteiger partial charge on any atom is -0.324 e. The zero-order valence-corrected chi connectivity index (χ0v) is 21.2. The molecule has 1 N–H and O–H groups in total. The summed E-state index contributed by atoms with van der Waals surface area (Å²) < 4.78 is 28.1. The Bertz CT molecular complexity index is 1570. The van der Waals surface area contributed by atoms with Crippen LogP contribution in [0.3, 0.4) is 0 Å². The molecule has 2 aromatic heterocycles. The summed E-state index contributed by atoms with van der Waals surface area (Å²) in [5.41, 5.74) is 1.63. The molecule has 1 atom stereocenters. The first-order chi connectivity index (χ1) is 18.8. The van der Waals surface area contributed by atoms with Gasteiger partial charge in [-0.15, -0.1) is 0 Å². The smallest absolute Gasteiger partial charge is 0.259 e. The second kappa shape index (κ2) is 11.1. The van der Waals surface area contributed by atoms with Gasteiger partial charge >= 0.3 is 0 Å². The summed E-state index contributed by atoms with van der Waals surface area (Å²) in [5.74, 6) is -2.68. The number of halogens is 3. The molecule has 2 amide bonds. The molecule has 2 aromatic carbocycles. The van der Waals surface area contributed by atoms with Gasteiger partial charge in [-0.1, -0.05) is 23.7 Å². The van der Waals surface area contributed by atoms with Crippen LogP contribution >= 0.6 is 11.6 Å². The number of rotatable bonds is 6. The predicted octanol–water partition coefficient (Wildman–Crippen LogP) is 5.04. The van der Waals surface area contributed by atoms with Crippen molar-refractivity contribution >= 4 is 35.0 Å². The minimum atomic E-state index is -0.853. The molecule has 3 heterocycles. The fourth-order valence-electron chi connectivity index (χ4n) is 4.49. The van der Waals surface area contributed by atoms with Gasteiger partial charge in [-0.25, -0.2) is 13.8 Å². The maximum atomic E-state index is 15.1. The number of nitrogens with one attached hydrogen (secondary N) is 1. The average molecular weight is 547 g/mol. The highest BCUT2D eigenvalue weighted by molar-refractivity contribution is 6.30. The van der Waals surface area contributed by atoms with E-state index >= 15 is 4.39 Å². The number of carbonyl (C=O) groups excluding carboxylic acids is 3. The van der Waals surface area contributed by atoms with Gasteiger partial charge < -0.3 is 10.2 Å². The number of Topliss-reactive ketones (excluding diaryl/α,β-unsaturated/α-hetero) is 1. The van der Waals surface area contributed by atoms with Crippen molar-refractivity contribution in [2.75, 3.05) is 5.32 Å². The van der Waals surface area contributed by atoms with Crippen molar-refractivity contribution in [3.05, 3.63) is 124 Å². The fourth-order valence-corrected chi connectivity index (χ4v) is 4.68. The molecule has 10 heteroatoms. The molecule has 0 unspecified atom stereocenters. The van der Waals surface area contributed by atoms with Gasteiger partial charge in [-0.05, 0) is 65.7 Å². The van der Waals surface area contributed by atoms with Crippen LogP contribution in [0.25, 0.3) is 0 Å². The summed E-state index contributed by atoms with van der Waals surface area (Å²) in [5, 5.41) is 2.83. The Labute approximate surface area is 227 Å². The molecular weight excluding hydrogens is 526 g/mol. The molecule has 5 rings (SSSR count). The molecule has 4 aromatic rings. The summed E-state index contributed by atoms with van der Waals surface area (Å²) in [6.45, 7) is -0.0809. The van der Waals surface area contributed by atoms with Crippen molar-refractivity contribution in [2.45, 2.75) is 25.4 Å². The molecule has 0 aliphatic carbocycles. The number of hydrogen-bond donors (Lipinski definition) is 1. The lowest BCUT2D eigenvalue weighted by Crippen LogP contribution is -2.45. The largest absolute Gasteiger partial charge is 0.324 e. The van der Waals surface area contributed by atoms with Crippen molar-refractivity contribution in [1.82, 2.24) is 14.9 Å². The van der Waals surface area contributed by atoms with E-state index in [-0.39, 0.29) is 36.6 Å². The van der Waals surface area contributed by atoms with E-state index in [1.807, 2.05) is 0 Å². The highest BCUT2D eigenvalue weighted by Crippen LogP contribution is 2.27. The van der Waals surface area contributed by atoms with Gasteiger partial charge in [0.15, 0.2) is 5.78 Å². The van der Waals surface area contributed by atoms with Gasteiger partial charge in [-0.3, -0.25) is 19.4 Å². The van der Waals surface area contributed by atoms with Crippen molar-refractivity contribution in [1.29, 1.82) is 0 Å². The Kier molecular flexibility index (Phi) is 7.42. The highest BCUT2D eigenvalue weighted by atomic mass is 35.5. The third kappa shape index (κ3) is 5.83. The minimum absolute atomic E-state index is 0.0144. The fraction of sp³-hybridized carbons (Fsp3) is 0.138. The van der Waals surface area contributed by atoms with Crippen LogP contribution in [0.5, 0.6) is 0 Å². The van der Waals surface area contributed by atoms with Crippen molar-refractivity contribution in [3.63, 3.8) is 0 Å². The summed E-state index contributed by atoms with van der Waals surface area (Å²) in [6.07, 6.45) is 2.74. The van der Waals surface area contributed by atoms with E-state index in [9.17, 15) is 18.8 Å². The summed E-state index contributed by atoms with van der Waals surface area (Å²) in [7, 11) is 0. The highest BCUT2D eigenvalue weighted by Gasteiger charge is 2.36. The molecule has 0 radical (unpaired) electrons. The van der Waals surface area contributed by atoms with Gasteiger partial charge in [0.2, 0.25) is 0 Å². The van der Waals surface area contributed by atoms with Crippen molar-refractivity contribution in [3.8, 4) is 0 Å². The van der Waals surface area contributed by atoms with Crippen LogP contribution in [0, 0.1) is 11.6 Å². The zero-order chi connectivity index (χ0) is 27.5. The molecule has 39 heavy (non-hydrogen) atoms. The van der Waals surface area contributed by atoms with E-state index in [0.717, 1.165) is 18.3 Å². The summed E-state index contributed by atoms with van der Waals surface area (Å²) >= 11 is 6.13. The van der Waals surface area contributed by atoms with Crippen LogP contribution in [0.1, 0.15) is 37.5 Å². The van der Waals surface area contributed by atoms with E-state index < -0.39 is 29.5 Å². The lowest BCUT2D eigenvalue weighted by atomic mass is 9.99. The number of benzene rings is 2. The van der Waals surface area contributed by atoms with Crippen LogP contribution < -0.4 is 5.32 Å². The Morgan fingerprint density at radius 2 is 1.87 bits per heavy atom. The quantitative estimate of drug-likeness (QED) is 0.366. The number of fused-ring (bicyclic) bond motifs is 1. The molecule has 0 fully saturated rings. The monoisotopic (exact) mass is 546 g/mol. The lowest BCUT2D eigenvalue weighted by molar-refractivity contribution is -0.122. The molecule has 7 nitrogen and oxygen atoms in total. The number of amides is 2. The zero-order valence-electron chi connectivity index (χ0n) is 20.4. The predicted molar refractivity (Wildman–Crippen MR) is 140 cm³/mol. The molecule has 0 bridgehead atoms. The molecule has 0 saturated carbocycles. The van der Waals surface area contributed by atoms with E-state index in [4.69, 9.17) is 11.6 Å². The molecular formula is C29H21ClF2N4O3. The number of ketones is 1. The van der Waals surface area contributed by atoms with Gasteiger partial charge in [0.05, 0.1) is 17.8 Å². The Morgan fingerprint density at radius 3 is 2.59 bits per heavy atom. The number of aromatic nitrogens is 2. The van der Waals surface area contributed by atoms with Crippen LogP contribution in [0.4, 0.5) is 14.6 Å². The second-order valence-electron chi connectivity index (χ2n) is 9.05.